The fourth-order valence-electron chi connectivity index (χ4n) is 1.27. The van der Waals surface area contributed by atoms with Crippen molar-refractivity contribution in [3.8, 4) is 0 Å². The van der Waals surface area contributed by atoms with Gasteiger partial charge in [-0.3, -0.25) is 0 Å². The van der Waals surface area contributed by atoms with Crippen molar-refractivity contribution in [2.45, 2.75) is 59.8 Å². The van der Waals surface area contributed by atoms with Gasteiger partial charge in [-0.05, 0) is 38.0 Å². The van der Waals surface area contributed by atoms with Crippen LogP contribution in [-0.4, -0.2) is 5.78 Å². The van der Waals surface area contributed by atoms with Crippen LogP contribution in [0.3, 0.4) is 0 Å². The van der Waals surface area contributed by atoms with Crippen molar-refractivity contribution in [1.82, 2.24) is 0 Å². The van der Waals surface area contributed by atoms with Gasteiger partial charge in [-0.25, -0.2) is 0 Å². The van der Waals surface area contributed by atoms with E-state index in [1.54, 1.807) is 6.92 Å². The molecule has 1 heteroatoms. The lowest BCUT2D eigenvalue weighted by molar-refractivity contribution is -0.116. The Kier molecular flexibility index (Phi) is 6.52. The minimum Gasteiger partial charge on any atom is -0.300 e. The number of hydrogen-bond donors (Lipinski definition) is 0. The van der Waals surface area contributed by atoms with Crippen LogP contribution in [0.4, 0.5) is 0 Å². The van der Waals surface area contributed by atoms with E-state index in [0.29, 0.717) is 11.8 Å². The van der Waals surface area contributed by atoms with Crippen LogP contribution in [0.25, 0.3) is 0 Å². The summed E-state index contributed by atoms with van der Waals surface area (Å²) in [5.74, 6) is 0.282. The fraction of sp³-hybridized carbons (Fsp3) is 0.769. The lowest BCUT2D eigenvalue weighted by Gasteiger charge is -2.16. The third-order valence-electron chi connectivity index (χ3n) is 2.13. The number of carbonyl (C=O) groups is 1. The lowest BCUT2D eigenvalue weighted by atomic mass is 9.90. The molecule has 1 nitrogen and oxygen atoms in total. The van der Waals surface area contributed by atoms with Crippen molar-refractivity contribution in [1.29, 1.82) is 0 Å². The van der Waals surface area contributed by atoms with E-state index in [1.165, 1.54) is 12.8 Å². The molecule has 0 aromatic rings. The van der Waals surface area contributed by atoms with E-state index in [2.05, 4.69) is 32.9 Å². The van der Waals surface area contributed by atoms with E-state index in [-0.39, 0.29) is 5.78 Å². The molecule has 0 aromatic heterocycles. The Hall–Kier alpha value is -0.590. The number of hydrogen-bond acceptors (Lipinski definition) is 1. The third-order valence-corrected chi connectivity index (χ3v) is 2.13. The van der Waals surface area contributed by atoms with E-state index in [0.717, 1.165) is 12.8 Å². The van der Waals surface area contributed by atoms with Gasteiger partial charge in [-0.15, -0.1) is 0 Å². The average molecular weight is 196 g/mol. The smallest absolute Gasteiger partial charge is 0.130 e. The second-order valence-electron chi connectivity index (χ2n) is 5.16. The molecule has 0 fully saturated rings. The molecule has 0 saturated carbocycles. The highest BCUT2D eigenvalue weighted by Crippen LogP contribution is 2.21. The van der Waals surface area contributed by atoms with Gasteiger partial charge in [0.15, 0.2) is 0 Å². The van der Waals surface area contributed by atoms with Gasteiger partial charge in [0.25, 0.3) is 0 Å². The Morgan fingerprint density at radius 3 is 2.21 bits per heavy atom. The Balaban J connectivity index is 3.32. The number of carbonyl (C=O) groups excluding carboxylic acids is 1. The van der Waals surface area contributed by atoms with Gasteiger partial charge >= 0.3 is 0 Å². The zero-order valence-electron chi connectivity index (χ0n) is 10.1. The van der Waals surface area contributed by atoms with Crippen LogP contribution in [0.15, 0.2) is 12.2 Å². The molecule has 0 aliphatic heterocycles. The summed E-state index contributed by atoms with van der Waals surface area (Å²) in [7, 11) is 0. The standard InChI is InChI=1S/C13H24O/c1-12(14)10-8-6-5-7-9-11-13(2,3)4/h5-6H,7-11H2,1-4H3/b6-5+. The summed E-state index contributed by atoms with van der Waals surface area (Å²) in [6.07, 6.45) is 9.60. The van der Waals surface area contributed by atoms with Gasteiger partial charge in [0.2, 0.25) is 0 Å². The third kappa shape index (κ3) is 11.4. The van der Waals surface area contributed by atoms with Crippen molar-refractivity contribution >= 4 is 5.78 Å². The van der Waals surface area contributed by atoms with E-state index < -0.39 is 0 Å². The molecule has 0 saturated heterocycles. The van der Waals surface area contributed by atoms with E-state index in [4.69, 9.17) is 0 Å². The first-order valence-electron chi connectivity index (χ1n) is 5.56. The second kappa shape index (κ2) is 6.80. The molecular weight excluding hydrogens is 172 g/mol. The molecule has 0 rings (SSSR count). The molecule has 0 heterocycles. The first kappa shape index (κ1) is 13.4. The summed E-state index contributed by atoms with van der Waals surface area (Å²) in [5, 5.41) is 0. The summed E-state index contributed by atoms with van der Waals surface area (Å²) in [5.41, 5.74) is 0.452. The van der Waals surface area contributed by atoms with E-state index in [9.17, 15) is 4.79 Å². The Labute approximate surface area is 88.6 Å². The van der Waals surface area contributed by atoms with Gasteiger partial charge in [0.1, 0.15) is 5.78 Å². The maximum absolute atomic E-state index is 10.6. The van der Waals surface area contributed by atoms with Crippen LogP contribution >= 0.6 is 0 Å². The zero-order chi connectivity index (χ0) is 11.0. The summed E-state index contributed by atoms with van der Waals surface area (Å²) in [6.45, 7) is 8.46. The summed E-state index contributed by atoms with van der Waals surface area (Å²) in [4.78, 5) is 10.6. The molecule has 82 valence electrons. The van der Waals surface area contributed by atoms with Crippen LogP contribution in [0.1, 0.15) is 59.8 Å². The van der Waals surface area contributed by atoms with Crippen LogP contribution in [0.5, 0.6) is 0 Å². The number of unbranched alkanes of at least 4 members (excludes halogenated alkanes) is 1. The monoisotopic (exact) mass is 196 g/mol. The predicted molar refractivity (Wildman–Crippen MR) is 62.4 cm³/mol. The van der Waals surface area contributed by atoms with E-state index >= 15 is 0 Å². The Morgan fingerprint density at radius 2 is 1.71 bits per heavy atom. The SMILES string of the molecule is CC(=O)CC/C=C/CCCC(C)(C)C. The quantitative estimate of drug-likeness (QED) is 0.461. The Morgan fingerprint density at radius 1 is 1.14 bits per heavy atom. The van der Waals surface area contributed by atoms with Gasteiger partial charge in [0, 0.05) is 6.42 Å². The van der Waals surface area contributed by atoms with Crippen molar-refractivity contribution < 1.29 is 4.79 Å². The van der Waals surface area contributed by atoms with Crippen molar-refractivity contribution in [2.75, 3.05) is 0 Å². The molecule has 0 aromatic carbocycles. The molecule has 0 N–H and O–H groups in total. The highest BCUT2D eigenvalue weighted by molar-refractivity contribution is 5.75. The number of allylic oxidation sites excluding steroid dienone is 2. The lowest BCUT2D eigenvalue weighted by Crippen LogP contribution is -2.03. The van der Waals surface area contributed by atoms with Gasteiger partial charge in [0.05, 0.1) is 0 Å². The topological polar surface area (TPSA) is 17.1 Å². The minimum absolute atomic E-state index is 0.282. The summed E-state index contributed by atoms with van der Waals surface area (Å²) < 4.78 is 0. The highest BCUT2D eigenvalue weighted by atomic mass is 16.1. The number of rotatable bonds is 6. The molecule has 0 aliphatic carbocycles. The van der Waals surface area contributed by atoms with Gasteiger partial charge < -0.3 is 4.79 Å². The van der Waals surface area contributed by atoms with E-state index in [1.807, 2.05) is 0 Å². The molecule has 0 bridgehead atoms. The molecule has 0 atom stereocenters. The Bertz CT molecular complexity index is 184. The first-order valence-corrected chi connectivity index (χ1v) is 5.56. The maximum Gasteiger partial charge on any atom is 0.130 e. The molecule has 0 spiro atoms. The molecule has 0 amide bonds. The molecule has 14 heavy (non-hydrogen) atoms. The molecular formula is C13H24O. The highest BCUT2D eigenvalue weighted by Gasteiger charge is 2.07. The predicted octanol–water partition coefficient (Wildman–Crippen LogP) is 4.13. The zero-order valence-corrected chi connectivity index (χ0v) is 10.1. The molecule has 0 aliphatic rings. The first-order chi connectivity index (χ1) is 6.42. The normalized spacial score (nSPS) is 12.3. The van der Waals surface area contributed by atoms with Crippen molar-refractivity contribution in [2.24, 2.45) is 5.41 Å². The second-order valence-corrected chi connectivity index (χ2v) is 5.16. The van der Waals surface area contributed by atoms with Crippen molar-refractivity contribution in [3.63, 3.8) is 0 Å². The molecule has 0 radical (unpaired) electrons. The van der Waals surface area contributed by atoms with Gasteiger partial charge in [-0.2, -0.15) is 0 Å². The van der Waals surface area contributed by atoms with Gasteiger partial charge in [-0.1, -0.05) is 32.9 Å². The van der Waals surface area contributed by atoms with Crippen LogP contribution < -0.4 is 0 Å². The number of ketones is 1. The molecule has 0 unspecified atom stereocenters. The minimum atomic E-state index is 0.282. The number of Topliss-reactive ketones (excluding diaryl/α,β-unsaturated/α-hetero) is 1. The van der Waals surface area contributed by atoms with Crippen molar-refractivity contribution in [3.05, 3.63) is 12.2 Å². The fourth-order valence-corrected chi connectivity index (χ4v) is 1.27. The van der Waals surface area contributed by atoms with Crippen LogP contribution in [0.2, 0.25) is 0 Å². The maximum atomic E-state index is 10.6. The average Bonchev–Trinajstić information content (AvgIpc) is 2.00. The van der Waals surface area contributed by atoms with Crippen LogP contribution in [-0.2, 0) is 4.79 Å². The largest absolute Gasteiger partial charge is 0.300 e. The summed E-state index contributed by atoms with van der Waals surface area (Å²) in [6, 6.07) is 0. The van der Waals surface area contributed by atoms with Crippen LogP contribution in [0, 0.1) is 5.41 Å². The summed E-state index contributed by atoms with van der Waals surface area (Å²) >= 11 is 0.